The van der Waals surface area contributed by atoms with Gasteiger partial charge in [0, 0.05) is 26.2 Å². The second kappa shape index (κ2) is 7.32. The number of carbonyl (C=O) groups is 2. The average molecular weight is 203 g/mol. The molecule has 1 aliphatic rings. The van der Waals surface area contributed by atoms with Gasteiger partial charge in [-0.15, -0.1) is 0 Å². The lowest BCUT2D eigenvalue weighted by atomic mass is 10.4. The summed E-state index contributed by atoms with van der Waals surface area (Å²) in [5, 5.41) is 8.29. The van der Waals surface area contributed by atoms with Crippen molar-refractivity contribution < 1.29 is 19.4 Å². The Morgan fingerprint density at radius 3 is 2.21 bits per heavy atom. The monoisotopic (exact) mass is 203 g/mol. The van der Waals surface area contributed by atoms with Gasteiger partial charge >= 0.3 is 6.09 Å². The number of imide groups is 1. The summed E-state index contributed by atoms with van der Waals surface area (Å²) in [6.07, 6.45) is -0.0743. The van der Waals surface area contributed by atoms with Crippen LogP contribution in [0.2, 0.25) is 0 Å². The molecule has 0 aromatic rings. The van der Waals surface area contributed by atoms with Crippen molar-refractivity contribution in [1.82, 2.24) is 4.90 Å². The predicted molar refractivity (Wildman–Crippen MR) is 51.1 cm³/mol. The highest BCUT2D eigenvalue weighted by molar-refractivity contribution is 5.92. The zero-order valence-corrected chi connectivity index (χ0v) is 8.65. The first kappa shape index (κ1) is 12.9. The van der Waals surface area contributed by atoms with Crippen LogP contribution in [-0.4, -0.2) is 41.8 Å². The number of ether oxygens (including phenoxy) is 1. The first-order valence-electron chi connectivity index (χ1n) is 4.74. The Bertz CT molecular complexity index is 191. The van der Waals surface area contributed by atoms with Crippen LogP contribution in [0.15, 0.2) is 0 Å². The normalized spacial score (nSPS) is 15.0. The Labute approximate surface area is 83.6 Å². The molecular formula is C9H17NO4. The molecular weight excluding hydrogens is 186 g/mol. The number of rotatable bonds is 2. The highest BCUT2D eigenvalue weighted by Crippen LogP contribution is 2.08. The second-order valence-corrected chi connectivity index (χ2v) is 2.71. The number of hydrogen-bond donors (Lipinski definition) is 1. The third-order valence-corrected chi connectivity index (χ3v) is 1.71. The van der Waals surface area contributed by atoms with Crippen LogP contribution < -0.4 is 0 Å². The minimum Gasteiger partial charge on any atom is -0.465 e. The molecule has 1 heterocycles. The van der Waals surface area contributed by atoms with Crippen molar-refractivity contribution >= 4 is 12.0 Å². The molecule has 0 spiro atoms. The van der Waals surface area contributed by atoms with Crippen LogP contribution in [0.3, 0.4) is 0 Å². The molecule has 0 unspecified atom stereocenters. The molecule has 0 aliphatic carbocycles. The highest BCUT2D eigenvalue weighted by atomic mass is 16.5. The van der Waals surface area contributed by atoms with Crippen LogP contribution in [-0.2, 0) is 9.53 Å². The molecule has 0 aromatic heterocycles. The number of amides is 2. The van der Waals surface area contributed by atoms with E-state index in [1.54, 1.807) is 0 Å². The molecule has 1 rings (SSSR count). The topological polar surface area (TPSA) is 66.8 Å². The largest absolute Gasteiger partial charge is 0.465 e. The zero-order valence-electron chi connectivity index (χ0n) is 8.65. The van der Waals surface area contributed by atoms with E-state index in [2.05, 4.69) is 0 Å². The molecule has 1 fully saturated rings. The summed E-state index contributed by atoms with van der Waals surface area (Å²) >= 11 is 0. The van der Waals surface area contributed by atoms with E-state index in [9.17, 15) is 9.59 Å². The molecule has 0 aromatic carbocycles. The Morgan fingerprint density at radius 1 is 1.50 bits per heavy atom. The first-order valence-corrected chi connectivity index (χ1v) is 4.74. The lowest BCUT2D eigenvalue weighted by Crippen LogP contribution is -2.29. The maximum absolute atomic E-state index is 10.6. The summed E-state index contributed by atoms with van der Waals surface area (Å²) in [4.78, 5) is 21.5. The first-order chi connectivity index (χ1) is 6.63. The average Bonchev–Trinajstić information content (AvgIpc) is 2.54. The minimum absolute atomic E-state index is 0.275. The second-order valence-electron chi connectivity index (χ2n) is 2.71. The van der Waals surface area contributed by atoms with Gasteiger partial charge in [0.15, 0.2) is 0 Å². The maximum atomic E-state index is 10.6. The highest BCUT2D eigenvalue weighted by Gasteiger charge is 2.25. The van der Waals surface area contributed by atoms with Crippen molar-refractivity contribution in [3.05, 3.63) is 0 Å². The fourth-order valence-electron chi connectivity index (χ4n) is 1.05. The van der Waals surface area contributed by atoms with E-state index in [-0.39, 0.29) is 5.91 Å². The molecule has 0 radical (unpaired) electrons. The summed E-state index contributed by atoms with van der Waals surface area (Å²) < 4.78 is 4.83. The lowest BCUT2D eigenvalue weighted by Gasteiger charge is -2.05. The van der Waals surface area contributed by atoms with Crippen LogP contribution in [0.25, 0.3) is 0 Å². The molecule has 0 atom stereocenters. The number of carbonyl (C=O) groups excluding carboxylic acids is 1. The Kier molecular flexibility index (Phi) is 6.74. The number of hydrogen-bond acceptors (Lipinski definition) is 3. The number of carboxylic acid groups (broad SMARTS) is 1. The summed E-state index contributed by atoms with van der Waals surface area (Å²) in [6, 6.07) is 0. The summed E-state index contributed by atoms with van der Waals surface area (Å²) in [5.74, 6) is -0.275. The third-order valence-electron chi connectivity index (χ3n) is 1.71. The molecule has 0 bridgehead atoms. The number of likely N-dealkylation sites (tertiary alicyclic amines) is 1. The molecule has 1 saturated heterocycles. The SMILES string of the molecule is CCOCC.O=C(O)N1CCCC1=O. The lowest BCUT2D eigenvalue weighted by molar-refractivity contribution is -0.125. The van der Waals surface area contributed by atoms with Gasteiger partial charge in [0.2, 0.25) is 5.91 Å². The van der Waals surface area contributed by atoms with E-state index in [0.717, 1.165) is 18.1 Å². The van der Waals surface area contributed by atoms with Gasteiger partial charge < -0.3 is 9.84 Å². The summed E-state index contributed by atoms with van der Waals surface area (Å²) in [7, 11) is 0. The fourth-order valence-corrected chi connectivity index (χ4v) is 1.05. The Balaban J connectivity index is 0.000000292. The van der Waals surface area contributed by atoms with Gasteiger partial charge in [-0.25, -0.2) is 9.69 Å². The van der Waals surface area contributed by atoms with E-state index in [0.29, 0.717) is 19.4 Å². The standard InChI is InChI=1S/C5H7NO3.C4H10O/c7-4-2-1-3-6(4)5(8)9;1-3-5-4-2/h1-3H2,(H,8,9);3-4H2,1-2H3. The van der Waals surface area contributed by atoms with Gasteiger partial charge in [0.05, 0.1) is 0 Å². The minimum atomic E-state index is -1.13. The smallest absolute Gasteiger partial charge is 0.414 e. The van der Waals surface area contributed by atoms with Crippen molar-refractivity contribution in [1.29, 1.82) is 0 Å². The van der Waals surface area contributed by atoms with Crippen LogP contribution in [0.5, 0.6) is 0 Å². The number of nitrogens with zero attached hydrogens (tertiary/aromatic N) is 1. The van der Waals surface area contributed by atoms with Gasteiger partial charge in [0.1, 0.15) is 0 Å². The van der Waals surface area contributed by atoms with Gasteiger partial charge in [-0.3, -0.25) is 4.79 Å². The van der Waals surface area contributed by atoms with Crippen molar-refractivity contribution in [3.63, 3.8) is 0 Å². The van der Waals surface area contributed by atoms with Crippen molar-refractivity contribution in [2.24, 2.45) is 0 Å². The summed E-state index contributed by atoms with van der Waals surface area (Å²) in [6.45, 7) is 6.04. The van der Waals surface area contributed by atoms with Crippen molar-refractivity contribution in [2.75, 3.05) is 19.8 Å². The van der Waals surface area contributed by atoms with Crippen molar-refractivity contribution in [2.45, 2.75) is 26.7 Å². The van der Waals surface area contributed by atoms with Crippen LogP contribution in [0, 0.1) is 0 Å². The molecule has 14 heavy (non-hydrogen) atoms. The van der Waals surface area contributed by atoms with E-state index in [1.807, 2.05) is 13.8 Å². The summed E-state index contributed by atoms with van der Waals surface area (Å²) in [5.41, 5.74) is 0. The van der Waals surface area contributed by atoms with Gasteiger partial charge in [0.25, 0.3) is 0 Å². The van der Waals surface area contributed by atoms with Gasteiger partial charge in [-0.2, -0.15) is 0 Å². The van der Waals surface area contributed by atoms with E-state index in [4.69, 9.17) is 9.84 Å². The van der Waals surface area contributed by atoms with Crippen LogP contribution in [0.4, 0.5) is 4.79 Å². The Morgan fingerprint density at radius 2 is 2.07 bits per heavy atom. The van der Waals surface area contributed by atoms with Gasteiger partial charge in [-0.1, -0.05) is 0 Å². The molecule has 82 valence electrons. The fraction of sp³-hybridized carbons (Fsp3) is 0.778. The molecule has 5 heteroatoms. The molecule has 2 amide bonds. The molecule has 1 aliphatic heterocycles. The third kappa shape index (κ3) is 4.81. The van der Waals surface area contributed by atoms with E-state index >= 15 is 0 Å². The van der Waals surface area contributed by atoms with E-state index in [1.165, 1.54) is 0 Å². The van der Waals surface area contributed by atoms with Crippen LogP contribution in [0.1, 0.15) is 26.7 Å². The quantitative estimate of drug-likeness (QED) is 0.735. The van der Waals surface area contributed by atoms with Gasteiger partial charge in [-0.05, 0) is 20.3 Å². The Hall–Kier alpha value is -1.10. The zero-order chi connectivity index (χ0) is 11.0. The maximum Gasteiger partial charge on any atom is 0.414 e. The predicted octanol–water partition coefficient (Wildman–Crippen LogP) is 1.33. The molecule has 1 N–H and O–H groups in total. The molecule has 5 nitrogen and oxygen atoms in total. The molecule has 0 saturated carbocycles. The van der Waals surface area contributed by atoms with E-state index < -0.39 is 6.09 Å². The van der Waals surface area contributed by atoms with Crippen molar-refractivity contribution in [3.8, 4) is 0 Å². The van der Waals surface area contributed by atoms with Crippen LogP contribution >= 0.6 is 0 Å².